The molecule has 6 nitrogen and oxygen atoms in total. The SMILES string of the molecule is O=C(Nc1cc(C(F)(F)F)no1)N1[C@H]2CC[C@@H]1c1ccnc(F)c1C2.[HH]. The topological polar surface area (TPSA) is 71.3 Å². The minimum atomic E-state index is -4.65. The van der Waals surface area contributed by atoms with Crippen LogP contribution in [0, 0.1) is 5.95 Å². The highest BCUT2D eigenvalue weighted by molar-refractivity contribution is 5.89. The summed E-state index contributed by atoms with van der Waals surface area (Å²) >= 11 is 0. The molecular formula is C15H14F4N4O2. The second-order valence-corrected chi connectivity index (χ2v) is 6.03. The van der Waals surface area contributed by atoms with Crippen LogP contribution in [0.25, 0.3) is 0 Å². The molecule has 1 saturated heterocycles. The number of carbonyl (C=O) groups is 1. The smallest absolute Gasteiger partial charge is 0.338 e. The second kappa shape index (κ2) is 5.43. The Morgan fingerprint density at radius 1 is 1.40 bits per heavy atom. The van der Waals surface area contributed by atoms with Crippen LogP contribution in [0.15, 0.2) is 22.9 Å². The Morgan fingerprint density at radius 3 is 2.92 bits per heavy atom. The Morgan fingerprint density at radius 2 is 2.20 bits per heavy atom. The van der Waals surface area contributed by atoms with Crippen molar-refractivity contribution in [2.45, 2.75) is 37.5 Å². The normalized spacial score (nSPS) is 22.0. The predicted molar refractivity (Wildman–Crippen MR) is 78.1 cm³/mol. The monoisotopic (exact) mass is 358 g/mol. The van der Waals surface area contributed by atoms with Crippen molar-refractivity contribution in [1.29, 1.82) is 0 Å². The van der Waals surface area contributed by atoms with Crippen molar-refractivity contribution in [3.05, 3.63) is 41.1 Å². The molecule has 0 radical (unpaired) electrons. The van der Waals surface area contributed by atoms with E-state index in [0.717, 1.165) is 0 Å². The molecule has 2 aromatic rings. The van der Waals surface area contributed by atoms with Crippen molar-refractivity contribution in [2.24, 2.45) is 0 Å². The fourth-order valence-corrected chi connectivity index (χ4v) is 3.56. The molecule has 2 aromatic heterocycles. The van der Waals surface area contributed by atoms with E-state index in [1.54, 1.807) is 6.07 Å². The molecule has 0 saturated carbocycles. The van der Waals surface area contributed by atoms with Crippen molar-refractivity contribution < 1.29 is 28.3 Å². The van der Waals surface area contributed by atoms with Gasteiger partial charge in [0.05, 0.1) is 6.04 Å². The van der Waals surface area contributed by atoms with Gasteiger partial charge in [-0.3, -0.25) is 5.32 Å². The minimum absolute atomic E-state index is 0. The summed E-state index contributed by atoms with van der Waals surface area (Å²) in [6.45, 7) is 0. The summed E-state index contributed by atoms with van der Waals surface area (Å²) in [5, 5.41) is 5.19. The molecule has 4 heterocycles. The zero-order chi connectivity index (χ0) is 17.8. The largest absolute Gasteiger partial charge is 0.436 e. The Hall–Kier alpha value is -2.65. The molecule has 2 bridgehead atoms. The molecule has 2 aliphatic heterocycles. The summed E-state index contributed by atoms with van der Waals surface area (Å²) in [6, 6.07) is 1.13. The lowest BCUT2D eigenvalue weighted by molar-refractivity contribution is -0.142. The van der Waals surface area contributed by atoms with Gasteiger partial charge < -0.3 is 9.42 Å². The first kappa shape index (κ1) is 15.9. The van der Waals surface area contributed by atoms with E-state index in [0.29, 0.717) is 36.5 Å². The molecular weight excluding hydrogens is 344 g/mol. The lowest BCUT2D eigenvalue weighted by Crippen LogP contribution is -2.44. The van der Waals surface area contributed by atoms with Gasteiger partial charge in [0.1, 0.15) is 0 Å². The Kier molecular flexibility index (Phi) is 3.44. The summed E-state index contributed by atoms with van der Waals surface area (Å²) < 4.78 is 56.0. The highest BCUT2D eigenvalue weighted by Gasteiger charge is 2.44. The molecule has 0 spiro atoms. The summed E-state index contributed by atoms with van der Waals surface area (Å²) in [7, 11) is 0. The van der Waals surface area contributed by atoms with Crippen molar-refractivity contribution in [2.75, 3.05) is 5.32 Å². The number of nitrogens with zero attached hydrogens (tertiary/aromatic N) is 3. The number of fused-ring (bicyclic) bond motifs is 4. The number of hydrogen-bond acceptors (Lipinski definition) is 4. The Labute approximate surface area is 140 Å². The third-order valence-electron chi connectivity index (χ3n) is 4.61. The van der Waals surface area contributed by atoms with Gasteiger partial charge in [-0.05, 0) is 30.9 Å². The fraction of sp³-hybridized carbons (Fsp3) is 0.400. The summed E-state index contributed by atoms with van der Waals surface area (Å²) in [6.07, 6.45) is -1.66. The Balaban J connectivity index is 0.00000196. The number of carbonyl (C=O) groups excluding carboxylic acids is 1. The second-order valence-electron chi connectivity index (χ2n) is 6.03. The predicted octanol–water partition coefficient (Wildman–Crippen LogP) is 3.77. The number of anilines is 1. The first-order chi connectivity index (χ1) is 11.8. The van der Waals surface area contributed by atoms with Gasteiger partial charge >= 0.3 is 12.2 Å². The molecule has 0 aromatic carbocycles. The minimum Gasteiger partial charge on any atom is -0.338 e. The van der Waals surface area contributed by atoms with E-state index in [1.165, 1.54) is 11.1 Å². The van der Waals surface area contributed by atoms with Gasteiger partial charge in [-0.25, -0.2) is 9.78 Å². The van der Waals surface area contributed by atoms with Crippen LogP contribution in [0.3, 0.4) is 0 Å². The van der Waals surface area contributed by atoms with Crippen LogP contribution < -0.4 is 5.32 Å². The van der Waals surface area contributed by atoms with Gasteiger partial charge in [0.2, 0.25) is 11.8 Å². The van der Waals surface area contributed by atoms with Crippen molar-refractivity contribution in [3.63, 3.8) is 0 Å². The first-order valence-corrected chi connectivity index (χ1v) is 7.61. The van der Waals surface area contributed by atoms with Crippen LogP contribution in [0.2, 0.25) is 0 Å². The number of aromatic nitrogens is 2. The third-order valence-corrected chi connectivity index (χ3v) is 4.61. The lowest BCUT2D eigenvalue weighted by Gasteiger charge is -2.35. The average molecular weight is 358 g/mol. The summed E-state index contributed by atoms with van der Waals surface area (Å²) in [4.78, 5) is 17.7. The van der Waals surface area contributed by atoms with E-state index in [2.05, 4.69) is 20.0 Å². The maximum Gasteiger partial charge on any atom is 0.436 e. The quantitative estimate of drug-likeness (QED) is 0.622. The maximum atomic E-state index is 13.9. The highest BCUT2D eigenvalue weighted by Crippen LogP contribution is 2.44. The fourth-order valence-electron chi connectivity index (χ4n) is 3.56. The van der Waals surface area contributed by atoms with E-state index >= 15 is 0 Å². The van der Waals surface area contributed by atoms with Crippen molar-refractivity contribution >= 4 is 11.9 Å². The zero-order valence-electron chi connectivity index (χ0n) is 12.7. The van der Waals surface area contributed by atoms with Gasteiger partial charge in [0, 0.05) is 25.3 Å². The van der Waals surface area contributed by atoms with E-state index in [1.807, 2.05) is 0 Å². The van der Waals surface area contributed by atoms with Crippen LogP contribution in [0.4, 0.5) is 28.2 Å². The Bertz CT molecular complexity index is 841. The molecule has 25 heavy (non-hydrogen) atoms. The molecule has 134 valence electrons. The van der Waals surface area contributed by atoms with E-state index in [4.69, 9.17) is 0 Å². The van der Waals surface area contributed by atoms with Crippen molar-refractivity contribution in [3.8, 4) is 0 Å². The molecule has 2 aliphatic rings. The highest BCUT2D eigenvalue weighted by atomic mass is 19.4. The lowest BCUT2D eigenvalue weighted by atomic mass is 9.95. The van der Waals surface area contributed by atoms with Gasteiger partial charge in [-0.15, -0.1) is 0 Å². The maximum absolute atomic E-state index is 13.9. The zero-order valence-corrected chi connectivity index (χ0v) is 12.7. The van der Waals surface area contributed by atoms with E-state index < -0.39 is 23.8 Å². The molecule has 0 unspecified atom stereocenters. The molecule has 1 fully saturated rings. The number of hydrogen-bond donors (Lipinski definition) is 1. The van der Waals surface area contributed by atoms with E-state index in [9.17, 15) is 22.4 Å². The molecule has 2 amide bonds. The molecule has 4 rings (SSSR count). The van der Waals surface area contributed by atoms with Gasteiger partial charge in [-0.1, -0.05) is 5.16 Å². The molecule has 0 aliphatic carbocycles. The number of halogens is 4. The number of urea groups is 1. The number of rotatable bonds is 1. The average Bonchev–Trinajstić information content (AvgIpc) is 3.12. The van der Waals surface area contributed by atoms with Crippen LogP contribution in [-0.2, 0) is 12.6 Å². The van der Waals surface area contributed by atoms with Crippen LogP contribution >= 0.6 is 0 Å². The third kappa shape index (κ3) is 2.61. The first-order valence-electron chi connectivity index (χ1n) is 7.61. The van der Waals surface area contributed by atoms with Crippen molar-refractivity contribution in [1.82, 2.24) is 15.0 Å². The molecule has 1 N–H and O–H groups in total. The number of pyridine rings is 1. The standard InChI is InChI=1S/C15H12F4N4O2.H2/c16-13-9-5-7-1-2-10(8(9)3-4-20-13)23(7)14(24)21-12-6-11(22-25-12)15(17,18)19;/h3-4,6-7,10H,1-2,5H2,(H,21,24);1H/t7-,10+;/m0./s1. The summed E-state index contributed by atoms with van der Waals surface area (Å²) in [5.41, 5.74) is -0.0362. The van der Waals surface area contributed by atoms with Crippen LogP contribution in [0.1, 0.15) is 37.1 Å². The van der Waals surface area contributed by atoms with Gasteiger partial charge in [0.25, 0.3) is 0 Å². The molecule has 2 atom stereocenters. The van der Waals surface area contributed by atoms with Crippen LogP contribution in [0.5, 0.6) is 0 Å². The number of nitrogens with one attached hydrogen (secondary N) is 1. The summed E-state index contributed by atoms with van der Waals surface area (Å²) in [5.74, 6) is -0.928. The van der Waals surface area contributed by atoms with Gasteiger partial charge in [-0.2, -0.15) is 17.6 Å². The van der Waals surface area contributed by atoms with Crippen LogP contribution in [-0.4, -0.2) is 27.1 Å². The van der Waals surface area contributed by atoms with E-state index in [-0.39, 0.29) is 19.4 Å². The molecule has 10 heteroatoms. The number of amides is 2. The van der Waals surface area contributed by atoms with Gasteiger partial charge in [0.15, 0.2) is 5.69 Å². The number of alkyl halides is 3.